The van der Waals surface area contributed by atoms with Gasteiger partial charge in [0.1, 0.15) is 28.9 Å². The second kappa shape index (κ2) is 22.1. The van der Waals surface area contributed by atoms with E-state index in [1.165, 1.54) is 11.0 Å². The van der Waals surface area contributed by atoms with Crippen molar-refractivity contribution in [1.82, 2.24) is 39.7 Å². The second-order valence-electron chi connectivity index (χ2n) is 20.6. The average Bonchev–Trinajstić information content (AvgIpc) is 4.21. The van der Waals surface area contributed by atoms with Crippen LogP contribution in [0.15, 0.2) is 90.6 Å². The molecule has 3 aliphatic rings. The van der Waals surface area contributed by atoms with Crippen LogP contribution >= 0.6 is 11.3 Å². The van der Waals surface area contributed by atoms with Gasteiger partial charge in [-0.3, -0.25) is 24.1 Å². The number of pyridine rings is 1. The largest absolute Gasteiger partial charge is 0.391 e. The van der Waals surface area contributed by atoms with Crippen molar-refractivity contribution in [2.24, 2.45) is 11.3 Å². The van der Waals surface area contributed by atoms with Crippen molar-refractivity contribution < 1.29 is 28.7 Å². The van der Waals surface area contributed by atoms with E-state index < -0.39 is 23.5 Å². The molecule has 2 aromatic carbocycles. The molecule has 6 aromatic rings. The minimum Gasteiger partial charge on any atom is -0.391 e. The Morgan fingerprint density at radius 1 is 0.917 bits per heavy atom. The molecule has 0 bridgehead atoms. The van der Waals surface area contributed by atoms with Gasteiger partial charge in [-0.25, -0.2) is 23.9 Å². The first-order valence-electron chi connectivity index (χ1n) is 25.3. The van der Waals surface area contributed by atoms with E-state index in [2.05, 4.69) is 30.0 Å². The number of carbonyl (C=O) groups is 4. The van der Waals surface area contributed by atoms with Crippen molar-refractivity contribution in [3.8, 4) is 21.8 Å². The number of hydrogen-bond acceptors (Lipinski definition) is 13. The molecule has 2 amide bonds. The maximum Gasteiger partial charge on any atom is 0.234 e. The molecular formula is C55H65FN10O5S. The van der Waals surface area contributed by atoms with Crippen LogP contribution in [0, 0.1) is 24.1 Å². The number of carbonyl (C=O) groups excluding carboxylic acids is 4. The minimum atomic E-state index is -0.809. The van der Waals surface area contributed by atoms with Gasteiger partial charge >= 0.3 is 0 Å². The molecule has 0 unspecified atom stereocenters. The third-order valence-electron chi connectivity index (χ3n) is 14.5. The molecule has 0 aliphatic carbocycles. The van der Waals surface area contributed by atoms with Gasteiger partial charge in [-0.15, -0.1) is 16.4 Å². The number of aromatic nitrogens is 5. The van der Waals surface area contributed by atoms with E-state index in [-0.39, 0.29) is 74.0 Å². The molecule has 378 valence electrons. The predicted octanol–water partition coefficient (Wildman–Crippen LogP) is 7.51. The molecule has 3 aliphatic heterocycles. The fraction of sp³-hybridized carbons (Fsp3) is 0.455. The molecule has 72 heavy (non-hydrogen) atoms. The number of nitrogens with zero attached hydrogens (tertiary/aromatic N) is 9. The molecule has 2 N–H and O–H groups in total. The summed E-state index contributed by atoms with van der Waals surface area (Å²) in [7, 11) is 0. The van der Waals surface area contributed by atoms with E-state index in [4.69, 9.17) is 10.1 Å². The van der Waals surface area contributed by atoms with Crippen LogP contribution in [0.2, 0.25) is 0 Å². The highest BCUT2D eigenvalue weighted by Crippen LogP contribution is 2.37. The number of rotatable bonds is 18. The summed E-state index contributed by atoms with van der Waals surface area (Å²) in [5.74, 6) is 0.165. The number of likely N-dealkylation sites (tertiary alicyclic amines) is 1. The normalized spacial score (nSPS) is 19.0. The van der Waals surface area contributed by atoms with E-state index in [1.807, 2.05) is 98.4 Å². The van der Waals surface area contributed by atoms with E-state index in [1.54, 1.807) is 29.7 Å². The van der Waals surface area contributed by atoms with Gasteiger partial charge in [-0.1, -0.05) is 63.2 Å². The SMILES string of the molecule is Cc1ncsc1-c1ccc(CCC(=O)[C@@H]2C[C@@H](O)CN2C(=O)[C@@H](CC(=O)CCCNC(=O)CN2CCN(c3cccc(-c4cnc5ccc(N6CCC[C@@H]6c6cccc(F)c6)nn45)n3)CC2)C(C)(C)C)cc1. The topological polar surface area (TPSA) is 169 Å². The van der Waals surface area contributed by atoms with Gasteiger partial charge in [-0.2, -0.15) is 0 Å². The lowest BCUT2D eigenvalue weighted by Crippen LogP contribution is -2.49. The zero-order valence-corrected chi connectivity index (χ0v) is 42.5. The average molecular weight is 997 g/mol. The Labute approximate surface area is 424 Å². The summed E-state index contributed by atoms with van der Waals surface area (Å²) in [6.07, 6.45) is 4.50. The van der Waals surface area contributed by atoms with Crippen LogP contribution in [0.1, 0.15) is 88.6 Å². The zero-order chi connectivity index (χ0) is 50.5. The number of aliphatic hydroxyl groups excluding tert-OH is 1. The monoisotopic (exact) mass is 996 g/mol. The van der Waals surface area contributed by atoms with E-state index in [9.17, 15) is 28.7 Å². The van der Waals surface area contributed by atoms with Crippen molar-refractivity contribution in [3.63, 3.8) is 0 Å². The molecule has 4 atom stereocenters. The number of aliphatic hydroxyl groups is 1. The summed E-state index contributed by atoms with van der Waals surface area (Å²) in [5.41, 5.74) is 7.51. The number of piperazine rings is 1. The highest BCUT2D eigenvalue weighted by atomic mass is 32.1. The van der Waals surface area contributed by atoms with E-state index in [0.717, 1.165) is 69.7 Å². The van der Waals surface area contributed by atoms with Gasteiger partial charge in [-0.05, 0) is 91.1 Å². The fourth-order valence-electron chi connectivity index (χ4n) is 10.4. The van der Waals surface area contributed by atoms with Crippen LogP contribution in [0.4, 0.5) is 16.0 Å². The Hall–Kier alpha value is -6.43. The summed E-state index contributed by atoms with van der Waals surface area (Å²) in [4.78, 5) is 77.5. The predicted molar refractivity (Wildman–Crippen MR) is 277 cm³/mol. The Balaban J connectivity index is 0.717. The van der Waals surface area contributed by atoms with Gasteiger partial charge in [0.15, 0.2) is 11.4 Å². The summed E-state index contributed by atoms with van der Waals surface area (Å²) in [6, 6.07) is 24.1. The number of β-amino-alcohol motifs (C(OH)–C–C–N with tert-alkyl or cyclic N) is 1. The first-order valence-corrected chi connectivity index (χ1v) is 26.2. The molecule has 3 saturated heterocycles. The molecule has 0 spiro atoms. The number of halogens is 1. The van der Waals surface area contributed by atoms with Gasteiger partial charge in [0, 0.05) is 77.4 Å². The van der Waals surface area contributed by atoms with Crippen molar-refractivity contribution in [1.29, 1.82) is 0 Å². The molecule has 0 saturated carbocycles. The maximum atomic E-state index is 14.2. The van der Waals surface area contributed by atoms with Crippen LogP contribution in [-0.4, -0.2) is 127 Å². The van der Waals surface area contributed by atoms with Crippen molar-refractivity contribution >= 4 is 52.0 Å². The van der Waals surface area contributed by atoms with Crippen molar-refractivity contribution in [3.05, 3.63) is 113 Å². The quantitative estimate of drug-likeness (QED) is 0.0815. The number of nitrogens with one attached hydrogen (secondary N) is 1. The first kappa shape index (κ1) is 50.5. The molecular weight excluding hydrogens is 932 g/mol. The second-order valence-corrected chi connectivity index (χ2v) is 21.5. The van der Waals surface area contributed by atoms with E-state index in [0.29, 0.717) is 51.2 Å². The number of fused-ring (bicyclic) bond motifs is 1. The van der Waals surface area contributed by atoms with Gasteiger partial charge < -0.3 is 25.1 Å². The summed E-state index contributed by atoms with van der Waals surface area (Å²) in [5, 5.41) is 18.7. The van der Waals surface area contributed by atoms with Crippen LogP contribution in [-0.2, 0) is 25.6 Å². The number of aryl methyl sites for hydroxylation is 2. The van der Waals surface area contributed by atoms with Crippen LogP contribution in [0.5, 0.6) is 0 Å². The van der Waals surface area contributed by atoms with Crippen LogP contribution in [0.3, 0.4) is 0 Å². The van der Waals surface area contributed by atoms with Crippen LogP contribution in [0.25, 0.3) is 27.5 Å². The summed E-state index contributed by atoms with van der Waals surface area (Å²) < 4.78 is 16.0. The smallest absolute Gasteiger partial charge is 0.234 e. The number of imidazole rings is 1. The van der Waals surface area contributed by atoms with E-state index >= 15 is 0 Å². The van der Waals surface area contributed by atoms with Gasteiger partial charge in [0.05, 0.1) is 52.7 Å². The molecule has 7 heterocycles. The summed E-state index contributed by atoms with van der Waals surface area (Å²) >= 11 is 1.59. The lowest BCUT2D eigenvalue weighted by molar-refractivity contribution is -0.145. The number of anilines is 2. The number of Topliss-reactive ketones (excluding diaryl/α,β-unsaturated/α-hetero) is 2. The van der Waals surface area contributed by atoms with Gasteiger partial charge in [0.25, 0.3) is 0 Å². The van der Waals surface area contributed by atoms with Crippen molar-refractivity contribution in [2.45, 2.75) is 97.2 Å². The fourth-order valence-corrected chi connectivity index (χ4v) is 11.2. The number of ketones is 2. The molecule has 15 nitrogen and oxygen atoms in total. The Morgan fingerprint density at radius 2 is 1.71 bits per heavy atom. The lowest BCUT2D eigenvalue weighted by atomic mass is 9.76. The minimum absolute atomic E-state index is 0.0205. The Kier molecular flexibility index (Phi) is 15.5. The molecule has 0 radical (unpaired) electrons. The number of hydrogen-bond donors (Lipinski definition) is 2. The highest BCUT2D eigenvalue weighted by molar-refractivity contribution is 7.13. The number of thiazole rings is 1. The zero-order valence-electron chi connectivity index (χ0n) is 41.7. The molecule has 3 fully saturated rings. The third kappa shape index (κ3) is 11.7. The Bertz CT molecular complexity index is 2890. The first-order chi connectivity index (χ1) is 34.7. The Morgan fingerprint density at radius 3 is 2.46 bits per heavy atom. The standard InChI is InChI=1S/C55H65FN10O5S/c1-36-53(72-35-59-36)38-18-15-37(16-19-38)17-20-48(69)46-31-42(68)33-65(46)54(71)43(55(2,3)4)30-41(67)11-7-23-57-52(70)34-62-25-27-63(28-26-62)50-14-6-12-44(60-50)47-32-58-49-21-22-51(61-66(47)49)64-24-8-13-45(64)39-9-5-10-40(56)29-39/h5-6,9-10,12,14-16,18-19,21-22,29,32,35,42-43,45-46,68H,7-8,11,13,17,20,23-28,30-31,33-34H2,1-4H3,(H,57,70)/t42-,43-,45-,46+/m1/s1. The number of amides is 2. The summed E-state index contributed by atoms with van der Waals surface area (Å²) in [6.45, 7) is 11.9. The van der Waals surface area contributed by atoms with Crippen molar-refractivity contribution in [2.75, 3.05) is 62.2 Å². The number of benzene rings is 2. The van der Waals surface area contributed by atoms with Crippen LogP contribution < -0.4 is 15.1 Å². The third-order valence-corrected chi connectivity index (χ3v) is 15.5. The molecule has 4 aromatic heterocycles. The van der Waals surface area contributed by atoms with Gasteiger partial charge in [0.2, 0.25) is 11.8 Å². The highest BCUT2D eigenvalue weighted by Gasteiger charge is 2.44. The lowest BCUT2D eigenvalue weighted by Gasteiger charge is -2.35. The molecule has 9 rings (SSSR count). The maximum absolute atomic E-state index is 14.2. The molecule has 17 heteroatoms.